The fourth-order valence-electron chi connectivity index (χ4n) is 3.05. The third-order valence-corrected chi connectivity index (χ3v) is 4.66. The summed E-state index contributed by atoms with van der Waals surface area (Å²) < 4.78 is 5.52. The lowest BCUT2D eigenvalue weighted by molar-refractivity contribution is -0.0664. The van der Waals surface area contributed by atoms with Crippen molar-refractivity contribution in [3.05, 3.63) is 52.6 Å². The van der Waals surface area contributed by atoms with Crippen LogP contribution in [0.25, 0.3) is 0 Å². The zero-order valence-corrected chi connectivity index (χ0v) is 15.4. The standard InChI is InChI=1S/C20H23NO6/c1-10-7-12(17-11-5-4-6-13(22)16(11)19(25)21-17)18(24)14(8-10)27-9-15(23)20(2,3)26/h4-8,15,17,22-24,26H,9H2,1-3H3,(H,21,25)/t15-,17-/m0/s1. The number of carbonyl (C=O) groups excluding carboxylic acids is 1. The Morgan fingerprint density at radius 2 is 1.93 bits per heavy atom. The Bertz CT molecular complexity index is 887. The number of aromatic hydroxyl groups is 2. The first-order chi connectivity index (χ1) is 12.6. The van der Waals surface area contributed by atoms with Crippen molar-refractivity contribution in [2.45, 2.75) is 38.5 Å². The van der Waals surface area contributed by atoms with E-state index < -0.39 is 23.7 Å². The predicted octanol–water partition coefficient (Wildman–Crippen LogP) is 1.75. The first-order valence-corrected chi connectivity index (χ1v) is 8.59. The summed E-state index contributed by atoms with van der Waals surface area (Å²) in [5.74, 6) is -0.584. The average molecular weight is 373 g/mol. The van der Waals surface area contributed by atoms with Crippen LogP contribution in [0.15, 0.2) is 30.3 Å². The number of fused-ring (bicyclic) bond motifs is 1. The van der Waals surface area contributed by atoms with Crippen LogP contribution in [0.2, 0.25) is 0 Å². The largest absolute Gasteiger partial charge is 0.507 e. The number of aliphatic hydroxyl groups is 2. The molecule has 1 aliphatic heterocycles. The maximum Gasteiger partial charge on any atom is 0.256 e. The van der Waals surface area contributed by atoms with Crippen LogP contribution in [0.4, 0.5) is 0 Å². The lowest BCUT2D eigenvalue weighted by Gasteiger charge is -2.25. The summed E-state index contributed by atoms with van der Waals surface area (Å²) in [6.07, 6.45) is -1.15. The van der Waals surface area contributed by atoms with Gasteiger partial charge in [-0.2, -0.15) is 0 Å². The fraction of sp³-hybridized carbons (Fsp3) is 0.350. The summed E-state index contributed by atoms with van der Waals surface area (Å²) in [7, 11) is 0. The summed E-state index contributed by atoms with van der Waals surface area (Å²) in [5, 5.41) is 43.2. The number of aryl methyl sites for hydroxylation is 1. The van der Waals surface area contributed by atoms with E-state index in [0.717, 1.165) is 5.56 Å². The second-order valence-corrected chi connectivity index (χ2v) is 7.33. The van der Waals surface area contributed by atoms with Crippen LogP contribution in [-0.2, 0) is 0 Å². The average Bonchev–Trinajstić information content (AvgIpc) is 2.92. The highest BCUT2D eigenvalue weighted by atomic mass is 16.5. The Labute approximate surface area is 156 Å². The SMILES string of the molecule is Cc1cc(OC[C@H](O)C(C)(C)O)c(O)c([C@H]2NC(=O)c3c(O)cccc32)c1. The van der Waals surface area contributed by atoms with Crippen LogP contribution in [0.3, 0.4) is 0 Å². The van der Waals surface area contributed by atoms with Gasteiger partial charge in [0.15, 0.2) is 11.5 Å². The highest BCUT2D eigenvalue weighted by Gasteiger charge is 2.34. The van der Waals surface area contributed by atoms with E-state index in [9.17, 15) is 25.2 Å². The molecular formula is C20H23NO6. The molecule has 1 heterocycles. The molecule has 7 heteroatoms. The van der Waals surface area contributed by atoms with E-state index in [-0.39, 0.29) is 29.4 Å². The van der Waals surface area contributed by atoms with Crippen molar-refractivity contribution in [1.82, 2.24) is 5.32 Å². The van der Waals surface area contributed by atoms with Crippen LogP contribution >= 0.6 is 0 Å². The summed E-state index contributed by atoms with van der Waals surface area (Å²) in [5.41, 5.74) is 0.587. The van der Waals surface area contributed by atoms with E-state index in [2.05, 4.69) is 5.32 Å². The molecule has 0 bridgehead atoms. The van der Waals surface area contributed by atoms with Crippen molar-refractivity contribution in [2.24, 2.45) is 0 Å². The number of amides is 1. The molecule has 2 aromatic rings. The number of hydrogen-bond acceptors (Lipinski definition) is 6. The molecule has 2 aromatic carbocycles. The summed E-state index contributed by atoms with van der Waals surface area (Å²) >= 11 is 0. The third-order valence-electron chi connectivity index (χ3n) is 4.66. The van der Waals surface area contributed by atoms with Gasteiger partial charge in [-0.25, -0.2) is 0 Å². The molecule has 144 valence electrons. The third kappa shape index (κ3) is 3.56. The molecule has 1 amide bonds. The van der Waals surface area contributed by atoms with Gasteiger partial charge in [0.2, 0.25) is 0 Å². The molecule has 0 radical (unpaired) electrons. The molecule has 7 nitrogen and oxygen atoms in total. The normalized spacial score (nSPS) is 17.4. The topological polar surface area (TPSA) is 119 Å². The van der Waals surface area contributed by atoms with Gasteiger partial charge < -0.3 is 30.5 Å². The molecule has 0 spiro atoms. The Morgan fingerprint density at radius 1 is 1.22 bits per heavy atom. The zero-order chi connectivity index (χ0) is 19.9. The van der Waals surface area contributed by atoms with Gasteiger partial charge >= 0.3 is 0 Å². The van der Waals surface area contributed by atoms with Crippen molar-refractivity contribution in [3.63, 3.8) is 0 Å². The smallest absolute Gasteiger partial charge is 0.256 e. The lowest BCUT2D eigenvalue weighted by Crippen LogP contribution is -2.40. The summed E-state index contributed by atoms with van der Waals surface area (Å²) in [4.78, 5) is 12.2. The van der Waals surface area contributed by atoms with E-state index in [4.69, 9.17) is 4.74 Å². The van der Waals surface area contributed by atoms with Gasteiger partial charge in [0.05, 0.1) is 17.2 Å². The number of phenolic OH excluding ortho intramolecular Hbond substituents is 2. The van der Waals surface area contributed by atoms with Gasteiger partial charge in [-0.15, -0.1) is 0 Å². The number of benzene rings is 2. The van der Waals surface area contributed by atoms with Gasteiger partial charge in [-0.3, -0.25) is 4.79 Å². The first-order valence-electron chi connectivity index (χ1n) is 8.59. The maximum absolute atomic E-state index is 12.2. The van der Waals surface area contributed by atoms with Gasteiger partial charge in [0, 0.05) is 5.56 Å². The molecule has 2 atom stereocenters. The van der Waals surface area contributed by atoms with E-state index in [1.165, 1.54) is 19.9 Å². The summed E-state index contributed by atoms with van der Waals surface area (Å²) in [6.45, 7) is 4.51. The second kappa shape index (κ2) is 6.75. The molecule has 0 aliphatic carbocycles. The number of carbonyl (C=O) groups is 1. The molecule has 5 N–H and O–H groups in total. The number of ether oxygens (including phenoxy) is 1. The zero-order valence-electron chi connectivity index (χ0n) is 15.4. The molecule has 0 unspecified atom stereocenters. The number of rotatable bonds is 5. The Kier molecular flexibility index (Phi) is 4.75. The molecular weight excluding hydrogens is 350 g/mol. The van der Waals surface area contributed by atoms with Gasteiger partial charge in [0.1, 0.15) is 18.5 Å². The summed E-state index contributed by atoms with van der Waals surface area (Å²) in [6, 6.07) is 7.46. The molecule has 0 saturated carbocycles. The van der Waals surface area contributed by atoms with Gasteiger partial charge in [0.25, 0.3) is 5.91 Å². The van der Waals surface area contributed by atoms with Crippen LogP contribution in [0.1, 0.15) is 46.9 Å². The molecule has 0 aromatic heterocycles. The van der Waals surface area contributed by atoms with Crippen molar-refractivity contribution in [2.75, 3.05) is 6.61 Å². The van der Waals surface area contributed by atoms with E-state index in [0.29, 0.717) is 11.1 Å². The van der Waals surface area contributed by atoms with E-state index in [1.54, 1.807) is 24.3 Å². The van der Waals surface area contributed by atoms with Crippen LogP contribution in [-0.4, -0.2) is 44.6 Å². The lowest BCUT2D eigenvalue weighted by atomic mass is 9.95. The molecule has 1 aliphatic rings. The number of nitrogens with one attached hydrogen (secondary N) is 1. The minimum absolute atomic E-state index is 0.121. The minimum atomic E-state index is -1.35. The number of phenols is 2. The first kappa shape index (κ1) is 19.0. The van der Waals surface area contributed by atoms with E-state index in [1.807, 2.05) is 6.92 Å². The molecule has 3 rings (SSSR count). The Hall–Kier alpha value is -2.77. The van der Waals surface area contributed by atoms with E-state index >= 15 is 0 Å². The fourth-order valence-corrected chi connectivity index (χ4v) is 3.05. The predicted molar refractivity (Wildman–Crippen MR) is 98.1 cm³/mol. The van der Waals surface area contributed by atoms with Crippen LogP contribution in [0, 0.1) is 6.92 Å². The molecule has 0 saturated heterocycles. The molecule has 0 fully saturated rings. The number of aliphatic hydroxyl groups excluding tert-OH is 1. The highest BCUT2D eigenvalue weighted by Crippen LogP contribution is 2.42. The minimum Gasteiger partial charge on any atom is -0.507 e. The quantitative estimate of drug-likeness (QED) is 0.545. The second-order valence-electron chi connectivity index (χ2n) is 7.33. The van der Waals surface area contributed by atoms with Crippen LogP contribution in [0.5, 0.6) is 17.2 Å². The Morgan fingerprint density at radius 3 is 2.59 bits per heavy atom. The maximum atomic E-state index is 12.2. The van der Waals surface area contributed by atoms with Crippen molar-refractivity contribution < 1.29 is 30.0 Å². The van der Waals surface area contributed by atoms with Gasteiger partial charge in [-0.05, 0) is 50.1 Å². The highest BCUT2D eigenvalue weighted by molar-refractivity contribution is 6.02. The monoisotopic (exact) mass is 373 g/mol. The molecule has 27 heavy (non-hydrogen) atoms. The number of hydrogen-bond donors (Lipinski definition) is 5. The van der Waals surface area contributed by atoms with Gasteiger partial charge in [-0.1, -0.05) is 12.1 Å². The van der Waals surface area contributed by atoms with Crippen molar-refractivity contribution in [3.8, 4) is 17.2 Å². The van der Waals surface area contributed by atoms with Crippen LogP contribution < -0.4 is 10.1 Å². The van der Waals surface area contributed by atoms with Crippen molar-refractivity contribution in [1.29, 1.82) is 0 Å². The van der Waals surface area contributed by atoms with Crippen molar-refractivity contribution >= 4 is 5.91 Å². The Balaban J connectivity index is 1.96.